The van der Waals surface area contributed by atoms with Crippen molar-refractivity contribution in [1.82, 2.24) is 24.7 Å². The van der Waals surface area contributed by atoms with Gasteiger partial charge in [0.2, 0.25) is 0 Å². The third-order valence-electron chi connectivity index (χ3n) is 3.32. The molecular weight excluding hydrogens is 266 g/mol. The summed E-state index contributed by atoms with van der Waals surface area (Å²) >= 11 is 0. The minimum atomic E-state index is 0.530. The lowest BCUT2D eigenvalue weighted by atomic mass is 10.3. The first-order valence-corrected chi connectivity index (χ1v) is 7.46. The molecule has 0 radical (unpaired) electrons. The van der Waals surface area contributed by atoms with E-state index in [2.05, 4.69) is 37.6 Å². The Morgan fingerprint density at radius 1 is 1.24 bits per heavy atom. The summed E-state index contributed by atoms with van der Waals surface area (Å²) in [7, 11) is 1.86. The zero-order chi connectivity index (χ0) is 14.7. The Kier molecular flexibility index (Phi) is 3.98. The average Bonchev–Trinajstić information content (AvgIpc) is 3.26. The molecule has 112 valence electrons. The van der Waals surface area contributed by atoms with E-state index in [-0.39, 0.29) is 0 Å². The predicted molar refractivity (Wildman–Crippen MR) is 81.1 cm³/mol. The number of hydrogen-bond donors (Lipinski definition) is 2. The van der Waals surface area contributed by atoms with E-state index in [1.165, 1.54) is 12.8 Å². The van der Waals surface area contributed by atoms with Crippen LogP contribution in [0.2, 0.25) is 0 Å². The molecule has 0 aliphatic heterocycles. The summed E-state index contributed by atoms with van der Waals surface area (Å²) in [6, 6.07) is 1.95. The van der Waals surface area contributed by atoms with Crippen LogP contribution in [0.25, 0.3) is 0 Å². The quantitative estimate of drug-likeness (QED) is 0.809. The number of aryl methyl sites for hydroxylation is 1. The Bertz CT molecular complexity index is 603. The first-order chi connectivity index (χ1) is 10.2. The lowest BCUT2D eigenvalue weighted by Gasteiger charge is -2.10. The van der Waals surface area contributed by atoms with Crippen molar-refractivity contribution in [2.45, 2.75) is 38.6 Å². The van der Waals surface area contributed by atoms with E-state index in [0.717, 1.165) is 36.3 Å². The molecule has 0 spiro atoms. The van der Waals surface area contributed by atoms with Crippen LogP contribution in [0.1, 0.15) is 43.8 Å². The molecule has 0 bridgehead atoms. The van der Waals surface area contributed by atoms with Crippen LogP contribution in [0.3, 0.4) is 0 Å². The first-order valence-electron chi connectivity index (χ1n) is 7.46. The topological polar surface area (TPSA) is 80.5 Å². The van der Waals surface area contributed by atoms with Crippen molar-refractivity contribution in [3.8, 4) is 0 Å². The maximum absolute atomic E-state index is 4.60. The van der Waals surface area contributed by atoms with Gasteiger partial charge < -0.3 is 10.6 Å². The van der Waals surface area contributed by atoms with Gasteiger partial charge in [-0.3, -0.25) is 4.68 Å². The van der Waals surface area contributed by atoms with E-state index in [1.807, 2.05) is 13.1 Å². The lowest BCUT2D eigenvalue weighted by Crippen LogP contribution is -2.09. The summed E-state index contributed by atoms with van der Waals surface area (Å²) < 4.78 is 1.70. The van der Waals surface area contributed by atoms with Crippen molar-refractivity contribution in [3.05, 3.63) is 24.0 Å². The van der Waals surface area contributed by atoms with Crippen molar-refractivity contribution in [3.63, 3.8) is 0 Å². The summed E-state index contributed by atoms with van der Waals surface area (Å²) in [5.74, 6) is 3.95. The summed E-state index contributed by atoms with van der Waals surface area (Å²) in [5.41, 5.74) is 0. The van der Waals surface area contributed by atoms with Gasteiger partial charge in [0.15, 0.2) is 5.82 Å². The van der Waals surface area contributed by atoms with Gasteiger partial charge in [0.25, 0.3) is 0 Å². The van der Waals surface area contributed by atoms with Gasteiger partial charge in [-0.15, -0.1) is 0 Å². The summed E-state index contributed by atoms with van der Waals surface area (Å²) in [6.45, 7) is 3.62. The molecule has 2 aromatic heterocycles. The molecule has 1 aliphatic rings. The highest BCUT2D eigenvalue weighted by molar-refractivity contribution is 5.48. The van der Waals surface area contributed by atoms with Crippen LogP contribution in [0, 0.1) is 0 Å². The number of anilines is 2. The Morgan fingerprint density at radius 2 is 2.00 bits per heavy atom. The van der Waals surface area contributed by atoms with Crippen LogP contribution in [0.5, 0.6) is 0 Å². The third kappa shape index (κ3) is 3.68. The van der Waals surface area contributed by atoms with Crippen LogP contribution < -0.4 is 10.6 Å². The van der Waals surface area contributed by atoms with Crippen molar-refractivity contribution in [1.29, 1.82) is 0 Å². The number of nitrogens with zero attached hydrogens (tertiary/aromatic N) is 5. The van der Waals surface area contributed by atoms with Gasteiger partial charge >= 0.3 is 0 Å². The standard InChI is InChI=1S/C14H21N7/c1-3-6-15-11-7-12(19-14(18-11)10-4-5-10)16-8-13-17-9-21(2)20-13/h7,9-10H,3-6,8H2,1-2H3,(H2,15,16,18,19). The first kappa shape index (κ1) is 13.8. The van der Waals surface area contributed by atoms with Crippen LogP contribution in [-0.2, 0) is 13.6 Å². The summed E-state index contributed by atoms with van der Waals surface area (Å²) in [5, 5.41) is 10.9. The fourth-order valence-electron chi connectivity index (χ4n) is 2.06. The molecule has 1 saturated carbocycles. The van der Waals surface area contributed by atoms with Gasteiger partial charge in [-0.1, -0.05) is 6.92 Å². The number of rotatable bonds is 7. The molecule has 0 amide bonds. The third-order valence-corrected chi connectivity index (χ3v) is 3.32. The molecular formula is C14H21N7. The Balaban J connectivity index is 1.71. The summed E-state index contributed by atoms with van der Waals surface area (Å²) in [4.78, 5) is 13.4. The SMILES string of the molecule is CCCNc1cc(NCc2ncn(C)n2)nc(C2CC2)n1. The maximum Gasteiger partial charge on any atom is 0.169 e. The van der Waals surface area contributed by atoms with Gasteiger partial charge in [-0.2, -0.15) is 5.10 Å². The highest BCUT2D eigenvalue weighted by atomic mass is 15.3. The number of hydrogen-bond acceptors (Lipinski definition) is 6. The van der Waals surface area contributed by atoms with Crippen molar-refractivity contribution >= 4 is 11.6 Å². The molecule has 2 heterocycles. The maximum atomic E-state index is 4.60. The van der Waals surface area contributed by atoms with E-state index in [9.17, 15) is 0 Å². The smallest absolute Gasteiger partial charge is 0.169 e. The van der Waals surface area contributed by atoms with E-state index >= 15 is 0 Å². The lowest BCUT2D eigenvalue weighted by molar-refractivity contribution is 0.746. The zero-order valence-electron chi connectivity index (χ0n) is 12.5. The van der Waals surface area contributed by atoms with Crippen LogP contribution in [0.4, 0.5) is 11.6 Å². The average molecular weight is 287 g/mol. The molecule has 0 unspecified atom stereocenters. The molecule has 3 rings (SSSR count). The van der Waals surface area contributed by atoms with Crippen molar-refractivity contribution in [2.75, 3.05) is 17.2 Å². The Hall–Kier alpha value is -2.18. The Labute approximate surface area is 124 Å². The normalized spacial score (nSPS) is 14.2. The minimum absolute atomic E-state index is 0.530. The second-order valence-corrected chi connectivity index (χ2v) is 5.39. The van der Waals surface area contributed by atoms with Crippen LogP contribution in [0.15, 0.2) is 12.4 Å². The van der Waals surface area contributed by atoms with E-state index in [4.69, 9.17) is 0 Å². The largest absolute Gasteiger partial charge is 0.370 e. The summed E-state index contributed by atoms with van der Waals surface area (Å²) in [6.07, 6.45) is 5.15. The molecule has 2 aromatic rings. The molecule has 21 heavy (non-hydrogen) atoms. The predicted octanol–water partition coefficient (Wildman–Crippen LogP) is 1.92. The van der Waals surface area contributed by atoms with Crippen molar-refractivity contribution in [2.24, 2.45) is 7.05 Å². The molecule has 7 nitrogen and oxygen atoms in total. The van der Waals surface area contributed by atoms with Crippen LogP contribution >= 0.6 is 0 Å². The van der Waals surface area contributed by atoms with Crippen LogP contribution in [-0.4, -0.2) is 31.3 Å². The second kappa shape index (κ2) is 6.07. The molecule has 2 N–H and O–H groups in total. The van der Waals surface area contributed by atoms with Gasteiger partial charge in [0.05, 0.1) is 6.54 Å². The van der Waals surface area contributed by atoms with E-state index in [0.29, 0.717) is 12.5 Å². The zero-order valence-corrected chi connectivity index (χ0v) is 12.5. The number of aromatic nitrogens is 5. The highest BCUT2D eigenvalue weighted by Crippen LogP contribution is 2.38. The fraction of sp³-hybridized carbons (Fsp3) is 0.571. The van der Waals surface area contributed by atoms with Gasteiger partial charge in [-0.25, -0.2) is 15.0 Å². The molecule has 0 aromatic carbocycles. The van der Waals surface area contributed by atoms with E-state index < -0.39 is 0 Å². The molecule has 1 aliphatic carbocycles. The van der Waals surface area contributed by atoms with Gasteiger partial charge in [0.1, 0.15) is 23.8 Å². The van der Waals surface area contributed by atoms with Gasteiger partial charge in [0, 0.05) is 25.6 Å². The van der Waals surface area contributed by atoms with E-state index in [1.54, 1.807) is 11.0 Å². The van der Waals surface area contributed by atoms with Crippen molar-refractivity contribution < 1.29 is 0 Å². The Morgan fingerprint density at radius 3 is 2.62 bits per heavy atom. The molecule has 7 heteroatoms. The number of nitrogens with one attached hydrogen (secondary N) is 2. The monoisotopic (exact) mass is 287 g/mol. The highest BCUT2D eigenvalue weighted by Gasteiger charge is 2.27. The molecule has 0 atom stereocenters. The minimum Gasteiger partial charge on any atom is -0.370 e. The second-order valence-electron chi connectivity index (χ2n) is 5.39. The molecule has 1 fully saturated rings. The fourth-order valence-corrected chi connectivity index (χ4v) is 2.06. The van der Waals surface area contributed by atoms with Gasteiger partial charge in [-0.05, 0) is 19.3 Å². The molecule has 0 saturated heterocycles.